The predicted octanol–water partition coefficient (Wildman–Crippen LogP) is 3.48. The number of ether oxygens (including phenoxy) is 5. The highest BCUT2D eigenvalue weighted by atomic mass is 16.8. The largest absolute Gasteiger partial charge is 0.465 e. The fourth-order valence-electron chi connectivity index (χ4n) is 3.75. The third-order valence-corrected chi connectivity index (χ3v) is 5.68. The van der Waals surface area contributed by atoms with E-state index in [1.165, 1.54) is 0 Å². The van der Waals surface area contributed by atoms with Crippen LogP contribution >= 0.6 is 0 Å². The van der Waals surface area contributed by atoms with E-state index in [0.29, 0.717) is 26.2 Å². The van der Waals surface area contributed by atoms with Crippen LogP contribution in [0.1, 0.15) is 84.5 Å². The van der Waals surface area contributed by atoms with Gasteiger partial charge in [0.25, 0.3) is 0 Å². The molecule has 2 fully saturated rings. The fourth-order valence-corrected chi connectivity index (χ4v) is 3.75. The lowest BCUT2D eigenvalue weighted by atomic mass is 9.92. The number of aliphatic hydroxyl groups excluding tert-OH is 1. The SMILES string of the molecule is CCCCCCOC(=O)C1CC(C(=O)OCCCCC)OC(OC2CCCCO2)C1O. The Labute approximate surface area is 185 Å². The summed E-state index contributed by atoms with van der Waals surface area (Å²) in [7, 11) is 0. The van der Waals surface area contributed by atoms with Crippen LogP contribution in [0.25, 0.3) is 0 Å². The molecule has 2 aliphatic heterocycles. The normalized spacial score (nSPS) is 28.8. The van der Waals surface area contributed by atoms with E-state index < -0.39 is 42.6 Å². The molecule has 2 aliphatic rings. The molecule has 0 saturated carbocycles. The van der Waals surface area contributed by atoms with Gasteiger partial charge in [-0.25, -0.2) is 4.79 Å². The van der Waals surface area contributed by atoms with Gasteiger partial charge in [-0.3, -0.25) is 4.79 Å². The highest BCUT2D eigenvalue weighted by Crippen LogP contribution is 2.30. The molecule has 8 heteroatoms. The van der Waals surface area contributed by atoms with Crippen molar-refractivity contribution in [2.45, 2.75) is 109 Å². The topological polar surface area (TPSA) is 101 Å². The standard InChI is InChI=1S/C23H40O8/c1-3-5-7-10-15-28-21(25)17-16-18(22(26)29-14-9-6-4-2)30-23(20(17)24)31-19-12-8-11-13-27-19/h17-20,23-24H,3-16H2,1-2H3. The highest BCUT2D eigenvalue weighted by Gasteiger charge is 2.46. The maximum absolute atomic E-state index is 12.7. The second kappa shape index (κ2) is 14.8. The third-order valence-electron chi connectivity index (χ3n) is 5.68. The monoisotopic (exact) mass is 444 g/mol. The van der Waals surface area contributed by atoms with Crippen molar-refractivity contribution in [2.75, 3.05) is 19.8 Å². The lowest BCUT2D eigenvalue weighted by Gasteiger charge is -2.38. The van der Waals surface area contributed by atoms with Gasteiger partial charge in [0.2, 0.25) is 0 Å². The van der Waals surface area contributed by atoms with Gasteiger partial charge in [0.05, 0.1) is 19.1 Å². The van der Waals surface area contributed by atoms with Crippen molar-refractivity contribution in [2.24, 2.45) is 5.92 Å². The lowest BCUT2D eigenvalue weighted by Crippen LogP contribution is -2.53. The van der Waals surface area contributed by atoms with Gasteiger partial charge in [-0.15, -0.1) is 0 Å². The van der Waals surface area contributed by atoms with Crippen molar-refractivity contribution in [1.29, 1.82) is 0 Å². The number of carbonyl (C=O) groups excluding carboxylic acids is 2. The maximum atomic E-state index is 12.7. The number of carbonyl (C=O) groups is 2. The summed E-state index contributed by atoms with van der Waals surface area (Å²) in [5, 5.41) is 10.8. The minimum Gasteiger partial charge on any atom is -0.465 e. The van der Waals surface area contributed by atoms with Crippen LogP contribution in [0.2, 0.25) is 0 Å². The number of rotatable bonds is 13. The van der Waals surface area contributed by atoms with Gasteiger partial charge in [-0.05, 0) is 32.1 Å². The summed E-state index contributed by atoms with van der Waals surface area (Å²) in [4.78, 5) is 25.2. The molecule has 31 heavy (non-hydrogen) atoms. The summed E-state index contributed by atoms with van der Waals surface area (Å²) < 4.78 is 27.8. The molecule has 0 aliphatic carbocycles. The van der Waals surface area contributed by atoms with E-state index in [-0.39, 0.29) is 6.42 Å². The van der Waals surface area contributed by atoms with Crippen LogP contribution in [0.4, 0.5) is 0 Å². The summed E-state index contributed by atoms with van der Waals surface area (Å²) in [6.07, 6.45) is 5.37. The van der Waals surface area contributed by atoms with Gasteiger partial charge in [-0.1, -0.05) is 46.0 Å². The van der Waals surface area contributed by atoms with Crippen LogP contribution in [0, 0.1) is 5.92 Å². The van der Waals surface area contributed by atoms with E-state index in [2.05, 4.69) is 13.8 Å². The Balaban J connectivity index is 1.96. The van der Waals surface area contributed by atoms with Crippen LogP contribution in [0.3, 0.4) is 0 Å². The maximum Gasteiger partial charge on any atom is 0.335 e. The molecule has 0 aromatic carbocycles. The molecule has 2 heterocycles. The number of hydrogen-bond donors (Lipinski definition) is 1. The lowest BCUT2D eigenvalue weighted by molar-refractivity contribution is -0.312. The Morgan fingerprint density at radius 3 is 2.29 bits per heavy atom. The first kappa shape index (κ1) is 26.0. The molecule has 2 rings (SSSR count). The molecule has 0 aromatic rings. The summed E-state index contributed by atoms with van der Waals surface area (Å²) in [5.74, 6) is -1.99. The van der Waals surface area contributed by atoms with Crippen LogP contribution in [-0.2, 0) is 33.3 Å². The molecule has 1 N–H and O–H groups in total. The average Bonchev–Trinajstić information content (AvgIpc) is 2.78. The van der Waals surface area contributed by atoms with E-state index in [4.69, 9.17) is 23.7 Å². The fraction of sp³-hybridized carbons (Fsp3) is 0.913. The molecule has 0 bridgehead atoms. The molecule has 0 radical (unpaired) electrons. The van der Waals surface area contributed by atoms with Crippen molar-refractivity contribution < 1.29 is 38.4 Å². The molecule has 5 unspecified atom stereocenters. The molecule has 0 aromatic heterocycles. The molecule has 180 valence electrons. The minimum absolute atomic E-state index is 0.00690. The van der Waals surface area contributed by atoms with E-state index in [0.717, 1.165) is 57.8 Å². The summed E-state index contributed by atoms with van der Waals surface area (Å²) in [6, 6.07) is 0. The van der Waals surface area contributed by atoms with Gasteiger partial charge < -0.3 is 28.8 Å². The number of aliphatic hydroxyl groups is 1. The predicted molar refractivity (Wildman–Crippen MR) is 113 cm³/mol. The van der Waals surface area contributed by atoms with E-state index >= 15 is 0 Å². The molecule has 2 saturated heterocycles. The Bertz CT molecular complexity index is 520. The quantitative estimate of drug-likeness (QED) is 0.340. The van der Waals surface area contributed by atoms with E-state index in [1.54, 1.807) is 0 Å². The molecule has 0 amide bonds. The highest BCUT2D eigenvalue weighted by molar-refractivity contribution is 5.78. The van der Waals surface area contributed by atoms with Gasteiger partial charge in [0.15, 0.2) is 18.7 Å². The van der Waals surface area contributed by atoms with E-state index in [1.807, 2.05) is 0 Å². The first-order chi connectivity index (χ1) is 15.1. The number of hydrogen-bond acceptors (Lipinski definition) is 8. The van der Waals surface area contributed by atoms with Crippen LogP contribution in [0.15, 0.2) is 0 Å². The van der Waals surface area contributed by atoms with Crippen molar-refractivity contribution in [3.8, 4) is 0 Å². The Kier molecular flexibility index (Phi) is 12.4. The van der Waals surface area contributed by atoms with Crippen LogP contribution in [0.5, 0.6) is 0 Å². The second-order valence-corrected chi connectivity index (χ2v) is 8.36. The number of unbranched alkanes of at least 4 members (excludes halogenated alkanes) is 5. The first-order valence-electron chi connectivity index (χ1n) is 12.0. The van der Waals surface area contributed by atoms with Crippen molar-refractivity contribution in [1.82, 2.24) is 0 Å². The Morgan fingerprint density at radius 1 is 0.935 bits per heavy atom. The Hall–Kier alpha value is -1.22. The van der Waals surface area contributed by atoms with Gasteiger partial charge in [0, 0.05) is 13.0 Å². The molecular weight excluding hydrogens is 404 g/mol. The molecular formula is C23H40O8. The van der Waals surface area contributed by atoms with Crippen molar-refractivity contribution in [3.63, 3.8) is 0 Å². The van der Waals surface area contributed by atoms with Gasteiger partial charge >= 0.3 is 11.9 Å². The third kappa shape index (κ3) is 9.04. The average molecular weight is 445 g/mol. The second-order valence-electron chi connectivity index (χ2n) is 8.36. The summed E-state index contributed by atoms with van der Waals surface area (Å²) in [5.41, 5.74) is 0. The zero-order chi connectivity index (χ0) is 22.5. The Morgan fingerprint density at radius 2 is 1.61 bits per heavy atom. The van der Waals surface area contributed by atoms with Crippen LogP contribution < -0.4 is 0 Å². The smallest absolute Gasteiger partial charge is 0.335 e. The van der Waals surface area contributed by atoms with Crippen molar-refractivity contribution >= 4 is 11.9 Å². The number of esters is 2. The zero-order valence-electron chi connectivity index (χ0n) is 19.1. The van der Waals surface area contributed by atoms with Crippen LogP contribution in [-0.4, -0.2) is 61.7 Å². The molecule has 5 atom stereocenters. The molecule has 0 spiro atoms. The molecule has 8 nitrogen and oxygen atoms in total. The summed E-state index contributed by atoms with van der Waals surface area (Å²) in [6.45, 7) is 5.36. The van der Waals surface area contributed by atoms with Crippen molar-refractivity contribution in [3.05, 3.63) is 0 Å². The summed E-state index contributed by atoms with van der Waals surface area (Å²) >= 11 is 0. The van der Waals surface area contributed by atoms with Gasteiger partial charge in [-0.2, -0.15) is 0 Å². The van der Waals surface area contributed by atoms with Gasteiger partial charge in [0.1, 0.15) is 6.10 Å². The minimum atomic E-state index is -1.24. The first-order valence-corrected chi connectivity index (χ1v) is 12.0. The zero-order valence-corrected chi connectivity index (χ0v) is 19.1. The van der Waals surface area contributed by atoms with E-state index in [9.17, 15) is 14.7 Å².